The highest BCUT2D eigenvalue weighted by Gasteiger charge is 2.26. The summed E-state index contributed by atoms with van der Waals surface area (Å²) >= 11 is 0. The summed E-state index contributed by atoms with van der Waals surface area (Å²) in [4.78, 5) is 13.9. The number of rotatable bonds is 6. The molecule has 1 aliphatic rings. The van der Waals surface area contributed by atoms with Gasteiger partial charge in [-0.2, -0.15) is 0 Å². The van der Waals surface area contributed by atoms with E-state index in [9.17, 15) is 4.79 Å². The molecule has 82 valence electrons. The molecule has 0 bridgehead atoms. The van der Waals surface area contributed by atoms with Crippen molar-refractivity contribution in [1.29, 1.82) is 0 Å². The van der Waals surface area contributed by atoms with E-state index in [1.54, 1.807) is 0 Å². The van der Waals surface area contributed by atoms with Crippen LogP contribution in [0.15, 0.2) is 0 Å². The molecule has 1 fully saturated rings. The maximum atomic E-state index is 11.6. The molecule has 0 saturated heterocycles. The molecule has 0 aliphatic heterocycles. The molecule has 1 rings (SSSR count). The molecular formula is C12H23NO. The zero-order valence-corrected chi connectivity index (χ0v) is 9.92. The lowest BCUT2D eigenvalue weighted by molar-refractivity contribution is -0.123. The zero-order valence-electron chi connectivity index (χ0n) is 9.92. The molecule has 0 N–H and O–H groups in total. The Bertz CT molecular complexity index is 194. The van der Waals surface area contributed by atoms with Crippen molar-refractivity contribution >= 4 is 5.78 Å². The second-order valence-electron chi connectivity index (χ2n) is 5.09. The maximum Gasteiger partial charge on any atom is 0.149 e. The van der Waals surface area contributed by atoms with E-state index < -0.39 is 0 Å². The molecule has 2 heteroatoms. The molecular weight excluding hydrogens is 174 g/mol. The molecule has 0 spiro atoms. The predicted molar refractivity (Wildman–Crippen MR) is 59.3 cm³/mol. The summed E-state index contributed by atoms with van der Waals surface area (Å²) in [5.41, 5.74) is 0. The fraction of sp³-hybridized carbons (Fsp3) is 0.917. The topological polar surface area (TPSA) is 20.3 Å². The molecule has 0 heterocycles. The van der Waals surface area contributed by atoms with Gasteiger partial charge in [0, 0.05) is 18.5 Å². The van der Waals surface area contributed by atoms with Gasteiger partial charge in [0.1, 0.15) is 5.78 Å². The largest absolute Gasteiger partial charge is 0.298 e. The van der Waals surface area contributed by atoms with Crippen LogP contribution in [-0.2, 0) is 4.79 Å². The van der Waals surface area contributed by atoms with E-state index in [1.807, 2.05) is 13.8 Å². The molecule has 14 heavy (non-hydrogen) atoms. The van der Waals surface area contributed by atoms with Gasteiger partial charge in [0.25, 0.3) is 0 Å². The number of hydrogen-bond donors (Lipinski definition) is 0. The summed E-state index contributed by atoms with van der Waals surface area (Å²) < 4.78 is 0. The highest BCUT2D eigenvalue weighted by Crippen LogP contribution is 2.30. The van der Waals surface area contributed by atoms with Crippen molar-refractivity contribution in [2.24, 2.45) is 11.8 Å². The van der Waals surface area contributed by atoms with Gasteiger partial charge in [0.2, 0.25) is 0 Å². The summed E-state index contributed by atoms with van der Waals surface area (Å²) in [7, 11) is 0. The van der Waals surface area contributed by atoms with Crippen LogP contribution >= 0.6 is 0 Å². The molecule has 1 aliphatic carbocycles. The standard InChI is InChI=1S/C12H23NO/c1-9(2)12(14)8-13(10(3)4)7-11-5-6-11/h9-11H,5-8H2,1-4H3. The smallest absolute Gasteiger partial charge is 0.149 e. The summed E-state index contributed by atoms with van der Waals surface area (Å²) in [5.74, 6) is 1.42. The minimum absolute atomic E-state index is 0.176. The van der Waals surface area contributed by atoms with Gasteiger partial charge in [0.15, 0.2) is 0 Å². The first-order valence-corrected chi connectivity index (χ1v) is 5.77. The summed E-state index contributed by atoms with van der Waals surface area (Å²) in [6, 6.07) is 0.498. The van der Waals surface area contributed by atoms with Gasteiger partial charge >= 0.3 is 0 Å². The summed E-state index contributed by atoms with van der Waals surface area (Å²) in [5, 5.41) is 0. The van der Waals surface area contributed by atoms with Gasteiger partial charge in [0.05, 0.1) is 6.54 Å². The lowest BCUT2D eigenvalue weighted by atomic mass is 10.1. The lowest BCUT2D eigenvalue weighted by Gasteiger charge is -2.26. The van der Waals surface area contributed by atoms with Gasteiger partial charge in [-0.25, -0.2) is 0 Å². The van der Waals surface area contributed by atoms with E-state index in [1.165, 1.54) is 12.8 Å². The monoisotopic (exact) mass is 197 g/mol. The maximum absolute atomic E-state index is 11.6. The Labute approximate surface area is 87.7 Å². The van der Waals surface area contributed by atoms with Crippen LogP contribution in [0.4, 0.5) is 0 Å². The Kier molecular flexibility index (Phi) is 4.11. The first-order valence-electron chi connectivity index (χ1n) is 5.77. The highest BCUT2D eigenvalue weighted by molar-refractivity contribution is 5.82. The van der Waals surface area contributed by atoms with Crippen molar-refractivity contribution in [3.8, 4) is 0 Å². The first-order chi connectivity index (χ1) is 6.50. The molecule has 0 unspecified atom stereocenters. The number of carbonyl (C=O) groups excluding carboxylic acids is 1. The predicted octanol–water partition coefficient (Wildman–Crippen LogP) is 2.33. The summed E-state index contributed by atoms with van der Waals surface area (Å²) in [6.07, 6.45) is 2.72. The third-order valence-electron chi connectivity index (χ3n) is 2.92. The molecule has 0 aromatic carbocycles. The second-order valence-corrected chi connectivity index (χ2v) is 5.09. The molecule has 0 radical (unpaired) electrons. The van der Waals surface area contributed by atoms with Crippen LogP contribution in [0, 0.1) is 11.8 Å². The quantitative estimate of drug-likeness (QED) is 0.651. The average molecular weight is 197 g/mol. The van der Waals surface area contributed by atoms with E-state index >= 15 is 0 Å². The van der Waals surface area contributed by atoms with Crippen LogP contribution in [0.3, 0.4) is 0 Å². The van der Waals surface area contributed by atoms with E-state index in [2.05, 4.69) is 18.7 Å². The van der Waals surface area contributed by atoms with Gasteiger partial charge in [-0.3, -0.25) is 9.69 Å². The van der Waals surface area contributed by atoms with Crippen molar-refractivity contribution in [2.75, 3.05) is 13.1 Å². The SMILES string of the molecule is CC(C)C(=O)CN(CC1CC1)C(C)C. The zero-order chi connectivity index (χ0) is 10.7. The van der Waals surface area contributed by atoms with E-state index in [-0.39, 0.29) is 5.92 Å². The summed E-state index contributed by atoms with van der Waals surface area (Å²) in [6.45, 7) is 10.1. The second kappa shape index (κ2) is 4.92. The third kappa shape index (κ3) is 3.79. The minimum Gasteiger partial charge on any atom is -0.298 e. The van der Waals surface area contributed by atoms with Crippen molar-refractivity contribution < 1.29 is 4.79 Å². The lowest BCUT2D eigenvalue weighted by Crippen LogP contribution is -2.38. The van der Waals surface area contributed by atoms with Crippen LogP contribution in [0.25, 0.3) is 0 Å². The van der Waals surface area contributed by atoms with E-state index in [0.717, 1.165) is 12.5 Å². The Balaban J connectivity index is 2.37. The van der Waals surface area contributed by atoms with E-state index in [0.29, 0.717) is 18.4 Å². The molecule has 1 saturated carbocycles. The number of carbonyl (C=O) groups is 1. The van der Waals surface area contributed by atoms with Gasteiger partial charge < -0.3 is 0 Å². The van der Waals surface area contributed by atoms with Crippen molar-refractivity contribution in [2.45, 2.75) is 46.6 Å². The fourth-order valence-corrected chi connectivity index (χ4v) is 1.47. The van der Waals surface area contributed by atoms with Gasteiger partial charge in [-0.15, -0.1) is 0 Å². The molecule has 0 aromatic heterocycles. The van der Waals surface area contributed by atoms with Crippen molar-refractivity contribution in [1.82, 2.24) is 4.90 Å². The first kappa shape index (κ1) is 11.7. The molecule has 2 nitrogen and oxygen atoms in total. The normalized spacial score (nSPS) is 17.1. The average Bonchev–Trinajstić information content (AvgIpc) is 2.86. The third-order valence-corrected chi connectivity index (χ3v) is 2.92. The Morgan fingerprint density at radius 3 is 2.21 bits per heavy atom. The number of Topliss-reactive ketones (excluding diaryl/α,β-unsaturated/α-hetero) is 1. The molecule has 0 amide bonds. The Morgan fingerprint density at radius 1 is 1.29 bits per heavy atom. The van der Waals surface area contributed by atoms with Crippen molar-refractivity contribution in [3.05, 3.63) is 0 Å². The van der Waals surface area contributed by atoms with Crippen LogP contribution in [0.5, 0.6) is 0 Å². The molecule has 0 atom stereocenters. The van der Waals surface area contributed by atoms with Crippen LogP contribution in [0.1, 0.15) is 40.5 Å². The van der Waals surface area contributed by atoms with E-state index in [4.69, 9.17) is 0 Å². The Hall–Kier alpha value is -0.370. The van der Waals surface area contributed by atoms with Crippen molar-refractivity contribution in [3.63, 3.8) is 0 Å². The number of nitrogens with zero attached hydrogens (tertiary/aromatic N) is 1. The van der Waals surface area contributed by atoms with Gasteiger partial charge in [-0.05, 0) is 32.6 Å². The fourth-order valence-electron chi connectivity index (χ4n) is 1.47. The number of hydrogen-bond acceptors (Lipinski definition) is 2. The highest BCUT2D eigenvalue weighted by atomic mass is 16.1. The van der Waals surface area contributed by atoms with Gasteiger partial charge in [-0.1, -0.05) is 13.8 Å². The Morgan fingerprint density at radius 2 is 1.86 bits per heavy atom. The van der Waals surface area contributed by atoms with Crippen LogP contribution in [0.2, 0.25) is 0 Å². The number of ketones is 1. The molecule has 0 aromatic rings. The minimum atomic E-state index is 0.176. The van der Waals surface area contributed by atoms with Crippen LogP contribution in [-0.4, -0.2) is 29.8 Å². The van der Waals surface area contributed by atoms with Crippen LogP contribution < -0.4 is 0 Å².